The lowest BCUT2D eigenvalue weighted by atomic mass is 9.98. The summed E-state index contributed by atoms with van der Waals surface area (Å²) in [5.74, 6) is 0.687. The highest BCUT2D eigenvalue weighted by molar-refractivity contribution is 5.90. The molecule has 3 unspecified atom stereocenters. The van der Waals surface area contributed by atoms with E-state index in [0.29, 0.717) is 25.3 Å². The van der Waals surface area contributed by atoms with E-state index in [1.165, 1.54) is 0 Å². The van der Waals surface area contributed by atoms with Crippen molar-refractivity contribution in [2.45, 2.75) is 65.5 Å². The highest BCUT2D eigenvalue weighted by Crippen LogP contribution is 2.17. The van der Waals surface area contributed by atoms with Crippen molar-refractivity contribution in [3.8, 4) is 0 Å². The van der Waals surface area contributed by atoms with Crippen molar-refractivity contribution in [1.29, 1.82) is 0 Å². The molecule has 2 amide bonds. The second-order valence-electron chi connectivity index (χ2n) is 5.41. The summed E-state index contributed by atoms with van der Waals surface area (Å²) in [6, 6.07) is -0.117. The van der Waals surface area contributed by atoms with E-state index in [1.54, 1.807) is 0 Å². The van der Waals surface area contributed by atoms with Gasteiger partial charge in [0, 0.05) is 19.0 Å². The maximum absolute atomic E-state index is 12.3. The third kappa shape index (κ3) is 3.72. The van der Waals surface area contributed by atoms with Crippen molar-refractivity contribution >= 4 is 11.8 Å². The van der Waals surface area contributed by atoms with Crippen LogP contribution in [0.15, 0.2) is 0 Å². The summed E-state index contributed by atoms with van der Waals surface area (Å²) in [7, 11) is 0. The number of hydrogen-bond acceptors (Lipinski definition) is 2. The lowest BCUT2D eigenvalue weighted by Crippen LogP contribution is -2.47. The van der Waals surface area contributed by atoms with Crippen LogP contribution in [-0.4, -0.2) is 35.3 Å². The van der Waals surface area contributed by atoms with Crippen molar-refractivity contribution in [2.24, 2.45) is 5.92 Å². The number of rotatable bonds is 5. The Morgan fingerprint density at radius 2 is 2.00 bits per heavy atom. The zero-order valence-electron chi connectivity index (χ0n) is 12.0. The van der Waals surface area contributed by atoms with Gasteiger partial charge in [0.05, 0.1) is 0 Å². The van der Waals surface area contributed by atoms with Gasteiger partial charge in [-0.2, -0.15) is 0 Å². The van der Waals surface area contributed by atoms with Crippen LogP contribution in [0.25, 0.3) is 0 Å². The van der Waals surface area contributed by atoms with Crippen LogP contribution in [0.3, 0.4) is 0 Å². The van der Waals surface area contributed by atoms with Crippen molar-refractivity contribution in [3.63, 3.8) is 0 Å². The minimum atomic E-state index is -0.334. The monoisotopic (exact) mass is 254 g/mol. The Morgan fingerprint density at radius 3 is 2.56 bits per heavy atom. The molecule has 4 heteroatoms. The molecule has 1 fully saturated rings. The van der Waals surface area contributed by atoms with E-state index in [9.17, 15) is 9.59 Å². The fraction of sp³-hybridized carbons (Fsp3) is 0.857. The Kier molecular flexibility index (Phi) is 5.63. The molecule has 1 aliphatic rings. The Morgan fingerprint density at radius 1 is 1.33 bits per heavy atom. The van der Waals surface area contributed by atoms with Crippen LogP contribution in [0.1, 0.15) is 53.4 Å². The van der Waals surface area contributed by atoms with Gasteiger partial charge >= 0.3 is 0 Å². The minimum Gasteiger partial charge on any atom is -0.344 e. The lowest BCUT2D eigenvalue weighted by molar-refractivity contribution is -0.135. The number of nitrogens with one attached hydrogen (secondary N) is 1. The van der Waals surface area contributed by atoms with Gasteiger partial charge in [0.2, 0.25) is 11.8 Å². The smallest absolute Gasteiger partial charge is 0.245 e. The Hall–Kier alpha value is -1.06. The number of carbonyl (C=O) groups is 2. The standard InChI is InChI=1S/C14H26N2O2/c1-5-10(3)9-11(4)16-8-7-13(17)15-12(6-2)14(16)18/h10-12H,5-9H2,1-4H3,(H,15,17). The molecule has 1 aliphatic heterocycles. The van der Waals surface area contributed by atoms with Crippen molar-refractivity contribution < 1.29 is 9.59 Å². The first-order valence-corrected chi connectivity index (χ1v) is 7.09. The Labute approximate surface area is 110 Å². The predicted molar refractivity (Wildman–Crippen MR) is 72.1 cm³/mol. The van der Waals surface area contributed by atoms with E-state index in [4.69, 9.17) is 0 Å². The number of amides is 2. The van der Waals surface area contributed by atoms with E-state index in [2.05, 4.69) is 26.1 Å². The highest BCUT2D eigenvalue weighted by atomic mass is 16.2. The maximum Gasteiger partial charge on any atom is 0.245 e. The van der Waals surface area contributed by atoms with Crippen molar-refractivity contribution in [2.75, 3.05) is 6.54 Å². The van der Waals surface area contributed by atoms with Crippen LogP contribution in [-0.2, 0) is 9.59 Å². The fourth-order valence-electron chi connectivity index (χ4n) is 2.45. The molecule has 0 bridgehead atoms. The van der Waals surface area contributed by atoms with Gasteiger partial charge in [0.15, 0.2) is 0 Å². The maximum atomic E-state index is 12.3. The average molecular weight is 254 g/mol. The number of carbonyl (C=O) groups excluding carboxylic acids is 2. The van der Waals surface area contributed by atoms with Crippen LogP contribution in [0.5, 0.6) is 0 Å². The van der Waals surface area contributed by atoms with Crippen molar-refractivity contribution in [3.05, 3.63) is 0 Å². The quantitative estimate of drug-likeness (QED) is 0.815. The van der Waals surface area contributed by atoms with E-state index >= 15 is 0 Å². The zero-order chi connectivity index (χ0) is 13.7. The van der Waals surface area contributed by atoms with Gasteiger partial charge in [-0.25, -0.2) is 0 Å². The molecule has 0 saturated carbocycles. The van der Waals surface area contributed by atoms with E-state index in [1.807, 2.05) is 11.8 Å². The molecule has 1 rings (SSSR count). The van der Waals surface area contributed by atoms with E-state index < -0.39 is 0 Å². The summed E-state index contributed by atoms with van der Waals surface area (Å²) in [4.78, 5) is 25.8. The zero-order valence-corrected chi connectivity index (χ0v) is 12.0. The van der Waals surface area contributed by atoms with Gasteiger partial charge < -0.3 is 10.2 Å². The minimum absolute atomic E-state index is 0.00607. The second kappa shape index (κ2) is 6.76. The Balaban J connectivity index is 2.72. The third-order valence-corrected chi connectivity index (χ3v) is 3.88. The van der Waals surface area contributed by atoms with Crippen LogP contribution >= 0.6 is 0 Å². The van der Waals surface area contributed by atoms with Gasteiger partial charge in [0.25, 0.3) is 0 Å². The second-order valence-corrected chi connectivity index (χ2v) is 5.41. The normalized spacial score (nSPS) is 24.4. The van der Waals surface area contributed by atoms with E-state index in [-0.39, 0.29) is 23.9 Å². The molecule has 0 aliphatic carbocycles. The molecule has 1 heterocycles. The number of hydrogen-bond donors (Lipinski definition) is 1. The average Bonchev–Trinajstić information content (AvgIpc) is 2.48. The molecule has 1 N–H and O–H groups in total. The molecule has 3 atom stereocenters. The topological polar surface area (TPSA) is 49.4 Å². The molecule has 0 spiro atoms. The molecular formula is C14H26N2O2. The van der Waals surface area contributed by atoms with Crippen LogP contribution in [0.2, 0.25) is 0 Å². The highest BCUT2D eigenvalue weighted by Gasteiger charge is 2.31. The van der Waals surface area contributed by atoms with Gasteiger partial charge in [0.1, 0.15) is 6.04 Å². The molecule has 0 aromatic heterocycles. The van der Waals surface area contributed by atoms with Gasteiger partial charge in [-0.3, -0.25) is 9.59 Å². The fourth-order valence-corrected chi connectivity index (χ4v) is 2.45. The third-order valence-electron chi connectivity index (χ3n) is 3.88. The summed E-state index contributed by atoms with van der Waals surface area (Å²) in [6.07, 6.45) is 3.22. The van der Waals surface area contributed by atoms with Crippen LogP contribution in [0, 0.1) is 5.92 Å². The Bertz CT molecular complexity index is 304. The first-order valence-electron chi connectivity index (χ1n) is 7.09. The van der Waals surface area contributed by atoms with Gasteiger partial charge in [-0.1, -0.05) is 27.2 Å². The SMILES string of the molecule is CCC(C)CC(C)N1CCC(=O)NC(CC)C1=O. The lowest BCUT2D eigenvalue weighted by Gasteiger charge is -2.31. The van der Waals surface area contributed by atoms with Gasteiger partial charge in [-0.05, 0) is 25.7 Å². The van der Waals surface area contributed by atoms with Crippen LogP contribution < -0.4 is 5.32 Å². The molecule has 1 saturated heterocycles. The number of nitrogens with zero attached hydrogens (tertiary/aromatic N) is 1. The molecule has 18 heavy (non-hydrogen) atoms. The molecule has 4 nitrogen and oxygen atoms in total. The predicted octanol–water partition coefficient (Wildman–Crippen LogP) is 1.94. The molecule has 0 aromatic rings. The van der Waals surface area contributed by atoms with Crippen molar-refractivity contribution in [1.82, 2.24) is 10.2 Å². The first kappa shape index (κ1) is 15.0. The first-order chi connectivity index (χ1) is 8.49. The largest absolute Gasteiger partial charge is 0.344 e. The summed E-state index contributed by atoms with van der Waals surface area (Å²) in [5.41, 5.74) is 0. The summed E-state index contributed by atoms with van der Waals surface area (Å²) < 4.78 is 0. The molecule has 0 radical (unpaired) electrons. The summed E-state index contributed by atoms with van der Waals surface area (Å²) >= 11 is 0. The summed E-state index contributed by atoms with van der Waals surface area (Å²) in [5, 5.41) is 2.80. The van der Waals surface area contributed by atoms with Gasteiger partial charge in [-0.15, -0.1) is 0 Å². The van der Waals surface area contributed by atoms with Crippen LogP contribution in [0.4, 0.5) is 0 Å². The summed E-state index contributed by atoms with van der Waals surface area (Å²) in [6.45, 7) is 8.96. The molecular weight excluding hydrogens is 228 g/mol. The molecule has 104 valence electrons. The molecule has 0 aromatic carbocycles. The van der Waals surface area contributed by atoms with E-state index in [0.717, 1.165) is 12.8 Å².